The largest absolute Gasteiger partial charge is 0.392 e. The Morgan fingerprint density at radius 3 is 2.72 bits per heavy atom. The van der Waals surface area contributed by atoms with Crippen LogP contribution in [0, 0.1) is 23.7 Å². The highest BCUT2D eigenvalue weighted by Gasteiger charge is 2.48. The van der Waals surface area contributed by atoms with Crippen LogP contribution in [-0.2, 0) is 4.79 Å². The van der Waals surface area contributed by atoms with Crippen molar-refractivity contribution in [3.05, 3.63) is 11.6 Å². The second-order valence-corrected chi connectivity index (χ2v) is 6.46. The molecule has 0 amide bonds. The first-order valence-corrected chi connectivity index (χ1v) is 6.94. The molecule has 3 nitrogen and oxygen atoms in total. The van der Waals surface area contributed by atoms with Gasteiger partial charge >= 0.3 is 0 Å². The molecule has 18 heavy (non-hydrogen) atoms. The highest BCUT2D eigenvalue weighted by atomic mass is 16.3. The molecule has 2 aliphatic rings. The minimum Gasteiger partial charge on any atom is -0.392 e. The molecule has 0 aromatic rings. The van der Waals surface area contributed by atoms with Gasteiger partial charge in [-0.15, -0.1) is 0 Å². The van der Waals surface area contributed by atoms with E-state index in [2.05, 4.69) is 13.8 Å². The van der Waals surface area contributed by atoms with Crippen molar-refractivity contribution in [2.24, 2.45) is 23.7 Å². The lowest BCUT2D eigenvalue weighted by atomic mass is 9.58. The van der Waals surface area contributed by atoms with E-state index in [4.69, 9.17) is 0 Å². The highest BCUT2D eigenvalue weighted by Crippen LogP contribution is 2.48. The number of ketones is 1. The summed E-state index contributed by atoms with van der Waals surface area (Å²) in [5.41, 5.74) is -0.206. The molecule has 0 bridgehead atoms. The maximum absolute atomic E-state index is 11.9. The first-order valence-electron chi connectivity index (χ1n) is 6.94. The van der Waals surface area contributed by atoms with Gasteiger partial charge in [-0.3, -0.25) is 4.79 Å². The average Bonchev–Trinajstić information content (AvgIpc) is 2.29. The molecule has 102 valence electrons. The first kappa shape index (κ1) is 13.8. The summed E-state index contributed by atoms with van der Waals surface area (Å²) >= 11 is 0. The molecule has 0 saturated heterocycles. The Hall–Kier alpha value is -0.670. The Balaban J connectivity index is 2.36. The monoisotopic (exact) mass is 252 g/mol. The molecule has 1 saturated carbocycles. The van der Waals surface area contributed by atoms with Crippen LogP contribution in [0.4, 0.5) is 0 Å². The molecule has 0 radical (unpaired) electrons. The fourth-order valence-corrected chi connectivity index (χ4v) is 3.72. The molecule has 0 aliphatic heterocycles. The van der Waals surface area contributed by atoms with Crippen molar-refractivity contribution in [1.82, 2.24) is 0 Å². The highest BCUT2D eigenvalue weighted by molar-refractivity contribution is 5.96. The van der Waals surface area contributed by atoms with Gasteiger partial charge in [0.15, 0.2) is 5.78 Å². The minimum absolute atomic E-state index is 0.00318. The van der Waals surface area contributed by atoms with Crippen LogP contribution in [-0.4, -0.2) is 28.2 Å². The third kappa shape index (κ3) is 2.26. The van der Waals surface area contributed by atoms with Crippen LogP contribution in [0.15, 0.2) is 11.6 Å². The van der Waals surface area contributed by atoms with Crippen LogP contribution < -0.4 is 0 Å². The second-order valence-electron chi connectivity index (χ2n) is 6.46. The van der Waals surface area contributed by atoms with Gasteiger partial charge in [0, 0.05) is 17.9 Å². The predicted octanol–water partition coefficient (Wildman–Crippen LogP) is 1.93. The van der Waals surface area contributed by atoms with Gasteiger partial charge in [0.25, 0.3) is 0 Å². The number of aliphatic hydroxyl groups excluding tert-OH is 1. The first-order chi connectivity index (χ1) is 8.36. The van der Waals surface area contributed by atoms with E-state index in [1.54, 1.807) is 0 Å². The molecule has 0 aromatic heterocycles. The number of Topliss-reactive ketones (excluding diaryl/α,β-unsaturated/α-hetero) is 1. The summed E-state index contributed by atoms with van der Waals surface area (Å²) in [5, 5.41) is 19.8. The van der Waals surface area contributed by atoms with Gasteiger partial charge in [-0.05, 0) is 37.5 Å². The van der Waals surface area contributed by atoms with Crippen molar-refractivity contribution >= 4 is 5.78 Å². The third-order valence-corrected chi connectivity index (χ3v) is 4.93. The van der Waals surface area contributed by atoms with Gasteiger partial charge in [-0.2, -0.15) is 0 Å². The molecule has 0 heterocycles. The lowest BCUT2D eigenvalue weighted by Gasteiger charge is -2.49. The van der Waals surface area contributed by atoms with E-state index in [9.17, 15) is 15.0 Å². The molecule has 0 aromatic carbocycles. The summed E-state index contributed by atoms with van der Waals surface area (Å²) in [7, 11) is 0. The van der Waals surface area contributed by atoms with Crippen LogP contribution in [0.5, 0.6) is 0 Å². The smallest absolute Gasteiger partial charge is 0.161 e. The summed E-state index contributed by atoms with van der Waals surface area (Å²) in [6.45, 7) is 6.08. The van der Waals surface area contributed by atoms with E-state index in [0.717, 1.165) is 12.8 Å². The van der Waals surface area contributed by atoms with E-state index >= 15 is 0 Å². The molecular weight excluding hydrogens is 228 g/mol. The molecule has 3 heteroatoms. The summed E-state index contributed by atoms with van der Waals surface area (Å²) < 4.78 is 0. The molecule has 4 atom stereocenters. The molecule has 1 fully saturated rings. The van der Waals surface area contributed by atoms with Crippen LogP contribution in [0.1, 0.15) is 40.0 Å². The topological polar surface area (TPSA) is 57.5 Å². The number of rotatable bonds is 2. The van der Waals surface area contributed by atoms with Crippen molar-refractivity contribution < 1.29 is 15.0 Å². The summed E-state index contributed by atoms with van der Waals surface area (Å²) in [6, 6.07) is 0. The molecular formula is C15H24O3. The Morgan fingerprint density at radius 1 is 1.50 bits per heavy atom. The average molecular weight is 252 g/mol. The van der Waals surface area contributed by atoms with Crippen molar-refractivity contribution in [2.45, 2.75) is 45.6 Å². The van der Waals surface area contributed by atoms with E-state index in [1.165, 1.54) is 0 Å². The fraction of sp³-hybridized carbons (Fsp3) is 0.800. The third-order valence-electron chi connectivity index (χ3n) is 4.93. The van der Waals surface area contributed by atoms with Crippen molar-refractivity contribution in [3.8, 4) is 0 Å². The van der Waals surface area contributed by atoms with E-state index in [0.29, 0.717) is 23.8 Å². The Bertz CT molecular complexity index is 368. The zero-order valence-corrected chi connectivity index (χ0v) is 11.5. The van der Waals surface area contributed by atoms with E-state index in [-0.39, 0.29) is 24.2 Å². The van der Waals surface area contributed by atoms with Crippen LogP contribution >= 0.6 is 0 Å². The Morgan fingerprint density at radius 2 is 2.17 bits per heavy atom. The Labute approximate surface area is 109 Å². The summed E-state index contributed by atoms with van der Waals surface area (Å²) in [5.74, 6) is 1.29. The number of aliphatic hydroxyl groups is 2. The molecule has 0 spiro atoms. The van der Waals surface area contributed by atoms with Gasteiger partial charge in [-0.1, -0.05) is 19.9 Å². The van der Waals surface area contributed by atoms with Gasteiger partial charge in [-0.25, -0.2) is 0 Å². The zero-order valence-electron chi connectivity index (χ0n) is 11.5. The number of allylic oxidation sites excluding steroid dienone is 1. The maximum Gasteiger partial charge on any atom is 0.161 e. The van der Waals surface area contributed by atoms with Crippen molar-refractivity contribution in [2.75, 3.05) is 6.61 Å². The maximum atomic E-state index is 11.9. The number of fused-ring (bicyclic) bond motifs is 1. The normalized spacial score (nSPS) is 40.7. The van der Waals surface area contributed by atoms with Gasteiger partial charge in [0.1, 0.15) is 0 Å². The lowest BCUT2D eigenvalue weighted by Crippen LogP contribution is -2.49. The Kier molecular flexibility index (Phi) is 3.65. The number of carbonyl (C=O) groups excluding carboxylic acids is 1. The molecule has 2 rings (SSSR count). The quantitative estimate of drug-likeness (QED) is 0.789. The second kappa shape index (κ2) is 4.78. The van der Waals surface area contributed by atoms with Gasteiger partial charge in [0.05, 0.1) is 12.2 Å². The molecule has 4 unspecified atom stereocenters. The van der Waals surface area contributed by atoms with Crippen LogP contribution in [0.25, 0.3) is 0 Å². The van der Waals surface area contributed by atoms with Crippen molar-refractivity contribution in [3.63, 3.8) is 0 Å². The predicted molar refractivity (Wildman–Crippen MR) is 70.0 cm³/mol. The lowest BCUT2D eigenvalue weighted by molar-refractivity contribution is -0.127. The standard InChI is InChI=1S/C15H24O3/c1-9(2)11-4-5-15(3,18)13-7-14(17)10(8-16)6-12(11)13/h6,9,11-13,16,18H,4-5,7-8H2,1-3H3. The summed E-state index contributed by atoms with van der Waals surface area (Å²) in [6.07, 6.45) is 4.09. The number of hydrogen-bond acceptors (Lipinski definition) is 3. The zero-order chi connectivity index (χ0) is 13.5. The van der Waals surface area contributed by atoms with Crippen LogP contribution in [0.3, 0.4) is 0 Å². The summed E-state index contributed by atoms with van der Waals surface area (Å²) in [4.78, 5) is 11.9. The molecule has 2 aliphatic carbocycles. The van der Waals surface area contributed by atoms with Gasteiger partial charge < -0.3 is 10.2 Å². The van der Waals surface area contributed by atoms with Crippen molar-refractivity contribution in [1.29, 1.82) is 0 Å². The van der Waals surface area contributed by atoms with E-state index < -0.39 is 5.60 Å². The molecule has 2 N–H and O–H groups in total. The van der Waals surface area contributed by atoms with Gasteiger partial charge in [0.2, 0.25) is 0 Å². The SMILES string of the molecule is CC(C)C1CCC(C)(O)C2CC(=O)C(CO)=CC12. The van der Waals surface area contributed by atoms with Crippen LogP contribution in [0.2, 0.25) is 0 Å². The number of hydrogen-bond donors (Lipinski definition) is 2. The fourth-order valence-electron chi connectivity index (χ4n) is 3.72. The van der Waals surface area contributed by atoms with E-state index in [1.807, 2.05) is 13.0 Å². The minimum atomic E-state index is -0.747. The number of carbonyl (C=O) groups is 1.